The Morgan fingerprint density at radius 3 is 2.94 bits per heavy atom. The Labute approximate surface area is 119 Å². The lowest BCUT2D eigenvalue weighted by atomic mass is 10.2. The molecule has 1 aromatic carbocycles. The van der Waals surface area contributed by atoms with Gasteiger partial charge in [0.15, 0.2) is 0 Å². The number of nitrogens with one attached hydrogen (secondary N) is 1. The van der Waals surface area contributed by atoms with Gasteiger partial charge in [-0.1, -0.05) is 27.5 Å². The Morgan fingerprint density at radius 2 is 2.22 bits per heavy atom. The molecule has 2 N–H and O–H groups in total. The molecular weight excluding hydrogens is 318 g/mol. The van der Waals surface area contributed by atoms with Crippen molar-refractivity contribution in [3.05, 3.63) is 57.4 Å². The molecule has 0 bridgehead atoms. The number of rotatable bonds is 5. The van der Waals surface area contributed by atoms with Crippen molar-refractivity contribution in [2.24, 2.45) is 0 Å². The van der Waals surface area contributed by atoms with Gasteiger partial charge in [0.25, 0.3) is 0 Å². The summed E-state index contributed by atoms with van der Waals surface area (Å²) in [6.07, 6.45) is 0.898. The number of benzene rings is 1. The summed E-state index contributed by atoms with van der Waals surface area (Å²) in [4.78, 5) is 0. The van der Waals surface area contributed by atoms with Crippen LogP contribution >= 0.6 is 27.5 Å². The molecule has 0 aliphatic rings. The maximum atomic E-state index is 9.81. The van der Waals surface area contributed by atoms with Crippen LogP contribution in [-0.2, 0) is 6.54 Å². The maximum absolute atomic E-state index is 9.81. The van der Waals surface area contributed by atoms with E-state index in [1.54, 1.807) is 18.4 Å². The number of aliphatic hydroxyl groups excluding tert-OH is 1. The first kappa shape index (κ1) is 13.6. The second-order valence-electron chi connectivity index (χ2n) is 3.90. The lowest BCUT2D eigenvalue weighted by Crippen LogP contribution is -2.20. The number of halogens is 2. The van der Waals surface area contributed by atoms with Crippen LogP contribution in [0.4, 0.5) is 0 Å². The maximum Gasteiger partial charge on any atom is 0.133 e. The fraction of sp³-hybridized carbons (Fsp3) is 0.231. The molecule has 1 unspecified atom stereocenters. The summed E-state index contributed by atoms with van der Waals surface area (Å²) < 4.78 is 6.10. The molecule has 0 aliphatic heterocycles. The largest absolute Gasteiger partial charge is 0.467 e. The van der Waals surface area contributed by atoms with Crippen LogP contribution in [0.2, 0.25) is 5.02 Å². The van der Waals surface area contributed by atoms with Crippen LogP contribution in [0.15, 0.2) is 45.5 Å². The van der Waals surface area contributed by atoms with Crippen molar-refractivity contribution in [3.8, 4) is 0 Å². The lowest BCUT2D eigenvalue weighted by Gasteiger charge is -2.10. The highest BCUT2D eigenvalue weighted by atomic mass is 79.9. The zero-order valence-corrected chi connectivity index (χ0v) is 11.9. The SMILES string of the molecule is OC(CNCc1cc(Br)ccc1Cl)c1ccco1. The third-order valence-corrected chi connectivity index (χ3v) is 3.39. The van der Waals surface area contributed by atoms with Crippen LogP contribution in [0.3, 0.4) is 0 Å². The fourth-order valence-corrected chi connectivity index (χ4v) is 2.20. The molecule has 96 valence electrons. The highest BCUT2D eigenvalue weighted by Gasteiger charge is 2.09. The second-order valence-corrected chi connectivity index (χ2v) is 5.22. The standard InChI is InChI=1S/C13H13BrClNO2/c14-10-3-4-11(15)9(6-10)7-16-8-12(17)13-2-1-5-18-13/h1-6,12,16-17H,7-8H2. The molecule has 0 fully saturated rings. The summed E-state index contributed by atoms with van der Waals surface area (Å²) in [7, 11) is 0. The van der Waals surface area contributed by atoms with Gasteiger partial charge >= 0.3 is 0 Å². The molecule has 3 nitrogen and oxygen atoms in total. The van der Waals surface area contributed by atoms with E-state index in [4.69, 9.17) is 16.0 Å². The smallest absolute Gasteiger partial charge is 0.133 e. The Bertz CT molecular complexity index is 502. The average Bonchev–Trinajstić information content (AvgIpc) is 2.87. The van der Waals surface area contributed by atoms with Crippen LogP contribution < -0.4 is 5.32 Å². The first-order chi connectivity index (χ1) is 8.66. The minimum Gasteiger partial charge on any atom is -0.467 e. The van der Waals surface area contributed by atoms with E-state index < -0.39 is 6.10 Å². The van der Waals surface area contributed by atoms with Crippen LogP contribution in [0.5, 0.6) is 0 Å². The van der Waals surface area contributed by atoms with E-state index in [0.29, 0.717) is 23.9 Å². The minimum atomic E-state index is -0.647. The summed E-state index contributed by atoms with van der Waals surface area (Å²) in [5, 5.41) is 13.7. The van der Waals surface area contributed by atoms with Gasteiger partial charge in [-0.15, -0.1) is 0 Å². The molecule has 2 aromatic rings. The fourth-order valence-electron chi connectivity index (χ4n) is 1.60. The van der Waals surface area contributed by atoms with Gasteiger partial charge in [-0.2, -0.15) is 0 Å². The van der Waals surface area contributed by atoms with Crippen LogP contribution in [-0.4, -0.2) is 11.7 Å². The molecule has 5 heteroatoms. The van der Waals surface area contributed by atoms with Gasteiger partial charge in [0.2, 0.25) is 0 Å². The lowest BCUT2D eigenvalue weighted by molar-refractivity contribution is 0.147. The number of aliphatic hydroxyl groups is 1. The molecule has 18 heavy (non-hydrogen) atoms. The van der Waals surface area contributed by atoms with Crippen molar-refractivity contribution in [2.75, 3.05) is 6.54 Å². The van der Waals surface area contributed by atoms with Gasteiger partial charge in [-0.25, -0.2) is 0 Å². The molecule has 0 spiro atoms. The van der Waals surface area contributed by atoms with Crippen molar-refractivity contribution in [2.45, 2.75) is 12.6 Å². The van der Waals surface area contributed by atoms with Gasteiger partial charge in [0.05, 0.1) is 6.26 Å². The van der Waals surface area contributed by atoms with Crippen molar-refractivity contribution in [1.82, 2.24) is 5.32 Å². The molecule has 0 amide bonds. The molecule has 0 radical (unpaired) electrons. The Morgan fingerprint density at radius 1 is 1.39 bits per heavy atom. The molecule has 1 heterocycles. The highest BCUT2D eigenvalue weighted by molar-refractivity contribution is 9.10. The molecule has 2 rings (SSSR count). The van der Waals surface area contributed by atoms with Crippen LogP contribution in [0.25, 0.3) is 0 Å². The summed E-state index contributed by atoms with van der Waals surface area (Å²) in [6, 6.07) is 9.19. The third kappa shape index (κ3) is 3.59. The Balaban J connectivity index is 1.87. The predicted molar refractivity (Wildman–Crippen MR) is 74.5 cm³/mol. The van der Waals surface area contributed by atoms with Crippen LogP contribution in [0, 0.1) is 0 Å². The highest BCUT2D eigenvalue weighted by Crippen LogP contribution is 2.21. The van der Waals surface area contributed by atoms with Gasteiger partial charge in [0.1, 0.15) is 11.9 Å². The summed E-state index contributed by atoms with van der Waals surface area (Å²) in [6.45, 7) is 1.01. The molecule has 1 atom stereocenters. The van der Waals surface area contributed by atoms with E-state index in [1.165, 1.54) is 0 Å². The van der Waals surface area contributed by atoms with E-state index >= 15 is 0 Å². The zero-order valence-electron chi connectivity index (χ0n) is 9.57. The monoisotopic (exact) mass is 329 g/mol. The van der Waals surface area contributed by atoms with Gasteiger partial charge in [0, 0.05) is 22.6 Å². The van der Waals surface area contributed by atoms with Gasteiger partial charge in [-0.05, 0) is 35.9 Å². The third-order valence-electron chi connectivity index (χ3n) is 2.53. The Kier molecular flexibility index (Phi) is 4.83. The summed E-state index contributed by atoms with van der Waals surface area (Å²) >= 11 is 9.47. The van der Waals surface area contributed by atoms with Crippen molar-refractivity contribution in [3.63, 3.8) is 0 Å². The normalized spacial score (nSPS) is 12.6. The summed E-state index contributed by atoms with van der Waals surface area (Å²) in [5.74, 6) is 0.558. The molecule has 0 saturated carbocycles. The number of hydrogen-bond acceptors (Lipinski definition) is 3. The zero-order chi connectivity index (χ0) is 13.0. The average molecular weight is 331 g/mol. The molecule has 1 aromatic heterocycles. The van der Waals surface area contributed by atoms with Crippen molar-refractivity contribution in [1.29, 1.82) is 0 Å². The van der Waals surface area contributed by atoms with E-state index in [2.05, 4.69) is 21.2 Å². The van der Waals surface area contributed by atoms with Crippen molar-refractivity contribution < 1.29 is 9.52 Å². The summed E-state index contributed by atoms with van der Waals surface area (Å²) in [5.41, 5.74) is 0.984. The predicted octanol–water partition coefficient (Wildman–Crippen LogP) is 3.52. The number of furan rings is 1. The van der Waals surface area contributed by atoms with E-state index in [-0.39, 0.29) is 0 Å². The van der Waals surface area contributed by atoms with Crippen LogP contribution in [0.1, 0.15) is 17.4 Å². The minimum absolute atomic E-state index is 0.413. The number of hydrogen-bond donors (Lipinski definition) is 2. The van der Waals surface area contributed by atoms with E-state index in [0.717, 1.165) is 10.0 Å². The van der Waals surface area contributed by atoms with Gasteiger partial charge in [-0.3, -0.25) is 0 Å². The van der Waals surface area contributed by atoms with Gasteiger partial charge < -0.3 is 14.8 Å². The first-order valence-corrected chi connectivity index (χ1v) is 6.70. The van der Waals surface area contributed by atoms with Crippen molar-refractivity contribution >= 4 is 27.5 Å². The molecule has 0 saturated heterocycles. The first-order valence-electron chi connectivity index (χ1n) is 5.53. The van der Waals surface area contributed by atoms with E-state index in [1.807, 2.05) is 18.2 Å². The quantitative estimate of drug-likeness (QED) is 0.881. The van der Waals surface area contributed by atoms with E-state index in [9.17, 15) is 5.11 Å². The molecular formula is C13H13BrClNO2. The molecule has 0 aliphatic carbocycles. The topological polar surface area (TPSA) is 45.4 Å². The Hall–Kier alpha value is -0.810. The second kappa shape index (κ2) is 6.38.